The Morgan fingerprint density at radius 1 is 1.18 bits per heavy atom. The molecule has 0 amide bonds. The fraction of sp³-hybridized carbons (Fsp3) is 0.636. The number of alkyl halides is 5. The fourth-order valence-corrected chi connectivity index (χ4v) is 6.68. The highest BCUT2D eigenvalue weighted by Crippen LogP contribution is 2.91. The van der Waals surface area contributed by atoms with Gasteiger partial charge in [-0.1, -0.05) is 0 Å². The molecule has 5 aliphatic rings. The van der Waals surface area contributed by atoms with Crippen LogP contribution in [0.25, 0.3) is 11.3 Å². The minimum atomic E-state index is -4.67. The van der Waals surface area contributed by atoms with Gasteiger partial charge in [-0.25, -0.2) is 13.8 Å². The summed E-state index contributed by atoms with van der Waals surface area (Å²) in [6, 6.07) is 2.98. The molecule has 4 aliphatic carbocycles. The number of hydrogen-bond donors (Lipinski definition) is 1. The van der Waals surface area contributed by atoms with Gasteiger partial charge in [-0.2, -0.15) is 18.3 Å². The number of fused-ring (bicyclic) bond motifs is 1. The Bertz CT molecular complexity index is 1070. The summed E-state index contributed by atoms with van der Waals surface area (Å²) < 4.78 is 73.5. The second kappa shape index (κ2) is 7.11. The molecule has 3 heterocycles. The lowest BCUT2D eigenvalue weighted by molar-refractivity contribution is -0.137. The van der Waals surface area contributed by atoms with Crippen LogP contribution in [0.15, 0.2) is 18.3 Å². The maximum Gasteiger partial charge on any atom is 0.419 e. The van der Waals surface area contributed by atoms with E-state index in [2.05, 4.69) is 15.0 Å². The van der Waals surface area contributed by atoms with E-state index in [1.54, 1.807) is 6.07 Å². The molecule has 5 fully saturated rings. The minimum Gasteiger partial charge on any atom is -0.383 e. The van der Waals surface area contributed by atoms with Crippen LogP contribution in [0, 0.1) is 17.8 Å². The first kappa shape index (κ1) is 21.3. The fourth-order valence-electron chi connectivity index (χ4n) is 6.68. The molecule has 0 spiro atoms. The van der Waals surface area contributed by atoms with E-state index in [1.807, 2.05) is 0 Å². The predicted octanol–water partition coefficient (Wildman–Crippen LogP) is 3.42. The number of ether oxygens (including phenoxy) is 1. The Morgan fingerprint density at radius 2 is 2.00 bits per heavy atom. The van der Waals surface area contributed by atoms with Crippen LogP contribution in [0.5, 0.6) is 0 Å². The van der Waals surface area contributed by atoms with Gasteiger partial charge in [-0.05, 0) is 42.7 Å². The zero-order valence-corrected chi connectivity index (χ0v) is 17.7. The largest absolute Gasteiger partial charge is 0.419 e. The van der Waals surface area contributed by atoms with Crippen molar-refractivity contribution in [3.8, 4) is 11.3 Å². The lowest BCUT2D eigenvalue weighted by Crippen LogP contribution is -2.37. The molecule has 178 valence electrons. The number of nitrogens with two attached hydrogens (primary N) is 1. The van der Waals surface area contributed by atoms with Crippen LogP contribution >= 0.6 is 0 Å². The Balaban J connectivity index is 1.33. The van der Waals surface area contributed by atoms with Gasteiger partial charge < -0.3 is 10.5 Å². The number of aromatic nitrogens is 3. The minimum absolute atomic E-state index is 0.119. The molecule has 33 heavy (non-hydrogen) atoms. The zero-order valence-electron chi connectivity index (χ0n) is 17.7. The molecule has 0 aromatic carbocycles. The first-order valence-corrected chi connectivity index (χ1v) is 11.2. The van der Waals surface area contributed by atoms with Crippen molar-refractivity contribution in [2.24, 2.45) is 17.8 Å². The molecule has 1 saturated heterocycles. The Morgan fingerprint density at radius 3 is 2.73 bits per heavy atom. The van der Waals surface area contributed by atoms with Crippen LogP contribution < -0.4 is 5.73 Å². The van der Waals surface area contributed by atoms with Crippen LogP contribution in [0.2, 0.25) is 0 Å². The second-order valence-electron chi connectivity index (χ2n) is 9.54. The maximum absolute atomic E-state index is 13.4. The number of nitrogen functional groups attached to an aromatic ring is 1. The monoisotopic (exact) mass is 469 g/mol. The van der Waals surface area contributed by atoms with Crippen molar-refractivity contribution in [3.05, 3.63) is 29.6 Å². The van der Waals surface area contributed by atoms with Gasteiger partial charge in [0, 0.05) is 48.6 Å². The Kier molecular flexibility index (Phi) is 4.59. The lowest BCUT2D eigenvalue weighted by Gasteiger charge is -2.27. The molecule has 1 aliphatic heterocycles. The third-order valence-corrected chi connectivity index (χ3v) is 8.01. The molecule has 2 aromatic rings. The molecule has 2 aromatic heterocycles. The summed E-state index contributed by atoms with van der Waals surface area (Å²) in [5.74, 6) is 0.636. The predicted molar refractivity (Wildman–Crippen MR) is 108 cm³/mol. The molecule has 0 radical (unpaired) electrons. The number of rotatable bonds is 5. The number of nitrogens with zero attached hydrogens (tertiary/aromatic N) is 4. The van der Waals surface area contributed by atoms with Crippen LogP contribution in [0.4, 0.5) is 27.8 Å². The highest BCUT2D eigenvalue weighted by molar-refractivity contribution is 5.65. The van der Waals surface area contributed by atoms with E-state index < -0.39 is 30.5 Å². The van der Waals surface area contributed by atoms with E-state index in [9.17, 15) is 22.0 Å². The molecule has 11 heteroatoms. The van der Waals surface area contributed by atoms with E-state index >= 15 is 0 Å². The van der Waals surface area contributed by atoms with Crippen LogP contribution in [0.1, 0.15) is 24.1 Å². The maximum atomic E-state index is 13.4. The van der Waals surface area contributed by atoms with Gasteiger partial charge in [-0.3, -0.25) is 9.58 Å². The topological polar surface area (TPSA) is 69.2 Å². The summed E-state index contributed by atoms with van der Waals surface area (Å²) >= 11 is 0. The normalized spacial score (nSPS) is 33.3. The Labute approximate surface area is 186 Å². The average molecular weight is 469 g/mol. The van der Waals surface area contributed by atoms with Crippen LogP contribution in [-0.4, -0.2) is 58.4 Å². The van der Waals surface area contributed by atoms with Crippen LogP contribution in [0.3, 0.4) is 0 Å². The van der Waals surface area contributed by atoms with Gasteiger partial charge in [0.15, 0.2) is 0 Å². The summed E-state index contributed by atoms with van der Waals surface area (Å²) in [5, 5.41) is 4.31. The third kappa shape index (κ3) is 3.11. The zero-order chi connectivity index (χ0) is 23.1. The van der Waals surface area contributed by atoms with Gasteiger partial charge in [0.1, 0.15) is 12.4 Å². The Hall–Kier alpha value is -2.27. The summed E-state index contributed by atoms with van der Waals surface area (Å²) in [6.45, 7) is 2.71. The SMILES string of the molecule is Nc1ncc(-c2cc([C@@]34C5[C@H](N6CCCOCC6)C[C@H]3[C@@H]54)n(CC(F)F)n2)cc1C(F)(F)F. The molecule has 6 nitrogen and oxygen atoms in total. The van der Waals surface area contributed by atoms with Crippen molar-refractivity contribution in [3.63, 3.8) is 0 Å². The number of halogens is 5. The quantitative estimate of drug-likeness (QED) is 0.680. The number of pyridine rings is 1. The number of anilines is 1. The van der Waals surface area contributed by atoms with Crippen molar-refractivity contribution in [1.82, 2.24) is 19.7 Å². The summed E-state index contributed by atoms with van der Waals surface area (Å²) in [6.07, 6.45) is -4.07. The molecular weight excluding hydrogens is 445 g/mol. The molecule has 4 saturated carbocycles. The van der Waals surface area contributed by atoms with Gasteiger partial charge in [0.05, 0.1) is 17.9 Å². The van der Waals surface area contributed by atoms with Gasteiger partial charge >= 0.3 is 6.18 Å². The standard InChI is InChI=1S/C22H24F5N5O/c23-17(24)10-32-16(8-14(30-32)11-6-13(22(25,26)27)20(28)29-9-11)21-12-7-15(19(21)18(12)21)31-2-1-4-33-5-3-31/h6,8-9,12,15,17-19H,1-5,7,10H2,(H2,28,29)/t12-,15+,18-,19?,21-/m0/s1. The van der Waals surface area contributed by atoms with Gasteiger partial charge in [0.2, 0.25) is 0 Å². The summed E-state index contributed by atoms with van der Waals surface area (Å²) in [4.78, 5) is 6.14. The molecule has 5 atom stereocenters. The van der Waals surface area contributed by atoms with Crippen molar-refractivity contribution < 1.29 is 26.7 Å². The van der Waals surface area contributed by atoms with E-state index in [1.165, 1.54) is 10.9 Å². The van der Waals surface area contributed by atoms with E-state index in [0.717, 1.165) is 44.3 Å². The molecular formula is C22H24F5N5O. The third-order valence-electron chi connectivity index (χ3n) is 8.01. The summed E-state index contributed by atoms with van der Waals surface area (Å²) in [7, 11) is 0. The first-order chi connectivity index (χ1) is 15.7. The smallest absolute Gasteiger partial charge is 0.383 e. The molecule has 2 bridgehead atoms. The van der Waals surface area contributed by atoms with E-state index in [0.29, 0.717) is 30.4 Å². The van der Waals surface area contributed by atoms with Crippen molar-refractivity contribution in [1.29, 1.82) is 0 Å². The lowest BCUT2D eigenvalue weighted by atomic mass is 10.00. The molecule has 1 unspecified atom stereocenters. The van der Waals surface area contributed by atoms with Crippen molar-refractivity contribution in [2.75, 3.05) is 32.0 Å². The first-order valence-electron chi connectivity index (χ1n) is 11.2. The molecule has 7 rings (SSSR count). The highest BCUT2D eigenvalue weighted by Gasteiger charge is 2.93. The highest BCUT2D eigenvalue weighted by atomic mass is 19.4. The summed E-state index contributed by atoms with van der Waals surface area (Å²) in [5.41, 5.74) is 5.24. The van der Waals surface area contributed by atoms with E-state index in [4.69, 9.17) is 10.5 Å². The van der Waals surface area contributed by atoms with E-state index in [-0.39, 0.29) is 16.7 Å². The average Bonchev–Trinajstić information content (AvgIpc) is 3.42. The van der Waals surface area contributed by atoms with Gasteiger partial charge in [-0.15, -0.1) is 0 Å². The van der Waals surface area contributed by atoms with Crippen molar-refractivity contribution >= 4 is 5.82 Å². The van der Waals surface area contributed by atoms with Crippen molar-refractivity contribution in [2.45, 2.75) is 43.4 Å². The number of hydrogen-bond acceptors (Lipinski definition) is 5. The second-order valence-corrected chi connectivity index (χ2v) is 9.54. The van der Waals surface area contributed by atoms with Crippen LogP contribution in [-0.2, 0) is 22.9 Å². The molecule has 2 N–H and O–H groups in total. The van der Waals surface area contributed by atoms with Gasteiger partial charge in [0.25, 0.3) is 6.43 Å².